The van der Waals surface area contributed by atoms with Gasteiger partial charge in [-0.15, -0.1) is 6.58 Å². The second-order valence-corrected chi connectivity index (χ2v) is 6.49. The van der Waals surface area contributed by atoms with Crippen molar-refractivity contribution in [1.82, 2.24) is 0 Å². The standard InChI is InChI=1S/C12H26O2Si/c1-4-5-6-7-8-9-12-15(3)14-11-10-13-2/h4,15H,1,5-12H2,2-3H3. The lowest BCUT2D eigenvalue weighted by Crippen LogP contribution is -2.16. The minimum atomic E-state index is -0.893. The van der Waals surface area contributed by atoms with E-state index < -0.39 is 9.04 Å². The summed E-state index contributed by atoms with van der Waals surface area (Å²) in [4.78, 5) is 0. The predicted molar refractivity (Wildman–Crippen MR) is 68.9 cm³/mol. The van der Waals surface area contributed by atoms with Crippen molar-refractivity contribution < 1.29 is 9.16 Å². The number of allylic oxidation sites excluding steroid dienone is 1. The van der Waals surface area contributed by atoms with Gasteiger partial charge in [-0.1, -0.05) is 25.3 Å². The summed E-state index contributed by atoms with van der Waals surface area (Å²) in [6.45, 7) is 7.51. The molecule has 0 spiro atoms. The third kappa shape index (κ3) is 11.8. The van der Waals surface area contributed by atoms with Crippen molar-refractivity contribution in [3.05, 3.63) is 12.7 Å². The Morgan fingerprint density at radius 2 is 1.87 bits per heavy atom. The number of methoxy groups -OCH3 is 1. The third-order valence-corrected chi connectivity index (χ3v) is 4.48. The van der Waals surface area contributed by atoms with Crippen LogP contribution in [0.25, 0.3) is 0 Å². The maximum absolute atomic E-state index is 5.71. The zero-order chi connectivity index (χ0) is 11.4. The second-order valence-electron chi connectivity index (χ2n) is 3.95. The Kier molecular flexibility index (Phi) is 11.9. The molecule has 0 heterocycles. The van der Waals surface area contributed by atoms with Gasteiger partial charge in [0.1, 0.15) is 0 Å². The molecule has 3 heteroatoms. The first-order valence-corrected chi connectivity index (χ1v) is 8.47. The molecule has 1 atom stereocenters. The van der Waals surface area contributed by atoms with Crippen molar-refractivity contribution in [2.75, 3.05) is 20.3 Å². The highest BCUT2D eigenvalue weighted by Crippen LogP contribution is 2.08. The fourth-order valence-corrected chi connectivity index (χ4v) is 3.02. The normalized spacial score (nSPS) is 12.7. The summed E-state index contributed by atoms with van der Waals surface area (Å²) < 4.78 is 10.7. The Bertz CT molecular complexity index is 140. The molecule has 0 saturated heterocycles. The molecule has 0 aliphatic rings. The molecule has 0 N–H and O–H groups in total. The van der Waals surface area contributed by atoms with Crippen molar-refractivity contribution in [2.24, 2.45) is 0 Å². The molecule has 0 aliphatic heterocycles. The molecule has 0 bridgehead atoms. The maximum atomic E-state index is 5.71. The molecular weight excluding hydrogens is 204 g/mol. The summed E-state index contributed by atoms with van der Waals surface area (Å²) in [6, 6.07) is 1.30. The largest absolute Gasteiger partial charge is 0.418 e. The van der Waals surface area contributed by atoms with Crippen molar-refractivity contribution in [2.45, 2.75) is 44.7 Å². The van der Waals surface area contributed by atoms with Gasteiger partial charge in [0.25, 0.3) is 0 Å². The van der Waals surface area contributed by atoms with Crippen LogP contribution in [0.4, 0.5) is 0 Å². The lowest BCUT2D eigenvalue weighted by Gasteiger charge is -2.10. The van der Waals surface area contributed by atoms with E-state index in [0.29, 0.717) is 0 Å². The van der Waals surface area contributed by atoms with Gasteiger partial charge in [0.15, 0.2) is 9.04 Å². The molecule has 2 nitrogen and oxygen atoms in total. The van der Waals surface area contributed by atoms with Gasteiger partial charge >= 0.3 is 0 Å². The molecule has 0 fully saturated rings. The highest BCUT2D eigenvalue weighted by atomic mass is 28.3. The van der Waals surface area contributed by atoms with Gasteiger partial charge in [-0.3, -0.25) is 0 Å². The van der Waals surface area contributed by atoms with Gasteiger partial charge < -0.3 is 9.16 Å². The Balaban J connectivity index is 3.09. The van der Waals surface area contributed by atoms with Crippen LogP contribution in [0.1, 0.15) is 32.1 Å². The first-order valence-electron chi connectivity index (χ1n) is 6.02. The number of ether oxygens (including phenoxy) is 1. The van der Waals surface area contributed by atoms with E-state index in [1.165, 1.54) is 31.7 Å². The van der Waals surface area contributed by atoms with Crippen LogP contribution in [0.15, 0.2) is 12.7 Å². The predicted octanol–water partition coefficient (Wildman–Crippen LogP) is 3.14. The first-order chi connectivity index (χ1) is 7.31. The zero-order valence-electron chi connectivity index (χ0n) is 10.3. The van der Waals surface area contributed by atoms with Crippen LogP contribution in [0.2, 0.25) is 12.6 Å². The van der Waals surface area contributed by atoms with E-state index in [-0.39, 0.29) is 0 Å². The van der Waals surface area contributed by atoms with Crippen LogP contribution in [-0.4, -0.2) is 29.4 Å². The topological polar surface area (TPSA) is 18.5 Å². The summed E-state index contributed by atoms with van der Waals surface area (Å²) in [5.41, 5.74) is 0. The molecule has 0 rings (SSSR count). The summed E-state index contributed by atoms with van der Waals surface area (Å²) in [7, 11) is 0.825. The van der Waals surface area contributed by atoms with E-state index in [1.807, 2.05) is 6.08 Å². The lowest BCUT2D eigenvalue weighted by molar-refractivity contribution is 0.146. The van der Waals surface area contributed by atoms with Gasteiger partial charge in [0.05, 0.1) is 13.2 Å². The molecular formula is C12H26O2Si. The summed E-state index contributed by atoms with van der Waals surface area (Å²) >= 11 is 0. The van der Waals surface area contributed by atoms with Crippen LogP contribution < -0.4 is 0 Å². The molecule has 0 saturated carbocycles. The molecule has 1 unspecified atom stereocenters. The van der Waals surface area contributed by atoms with Crippen molar-refractivity contribution in [3.63, 3.8) is 0 Å². The van der Waals surface area contributed by atoms with Crippen LogP contribution in [0, 0.1) is 0 Å². The summed E-state index contributed by atoms with van der Waals surface area (Å²) in [6.07, 6.45) is 8.48. The minimum Gasteiger partial charge on any atom is -0.418 e. The van der Waals surface area contributed by atoms with Gasteiger partial charge in [-0.2, -0.15) is 0 Å². The van der Waals surface area contributed by atoms with E-state index in [2.05, 4.69) is 13.1 Å². The minimum absolute atomic E-state index is 0.733. The fourth-order valence-electron chi connectivity index (χ4n) is 1.49. The first kappa shape index (κ1) is 14.9. The quantitative estimate of drug-likeness (QED) is 0.308. The van der Waals surface area contributed by atoms with E-state index in [0.717, 1.165) is 19.6 Å². The van der Waals surface area contributed by atoms with Gasteiger partial charge in [-0.25, -0.2) is 0 Å². The maximum Gasteiger partial charge on any atom is 0.174 e. The highest BCUT2D eigenvalue weighted by molar-refractivity contribution is 6.50. The molecule has 90 valence electrons. The molecule has 15 heavy (non-hydrogen) atoms. The zero-order valence-corrected chi connectivity index (χ0v) is 11.5. The van der Waals surface area contributed by atoms with Crippen molar-refractivity contribution >= 4 is 9.04 Å². The van der Waals surface area contributed by atoms with Gasteiger partial charge in [0.2, 0.25) is 0 Å². The molecule has 0 aromatic rings. The van der Waals surface area contributed by atoms with E-state index in [1.54, 1.807) is 7.11 Å². The molecule has 0 amide bonds. The lowest BCUT2D eigenvalue weighted by atomic mass is 10.1. The van der Waals surface area contributed by atoms with Crippen molar-refractivity contribution in [1.29, 1.82) is 0 Å². The Morgan fingerprint density at radius 3 is 2.53 bits per heavy atom. The average Bonchev–Trinajstić information content (AvgIpc) is 2.23. The van der Waals surface area contributed by atoms with Gasteiger partial charge in [0, 0.05) is 7.11 Å². The Morgan fingerprint density at radius 1 is 1.13 bits per heavy atom. The fraction of sp³-hybridized carbons (Fsp3) is 0.833. The Labute approximate surface area is 96.4 Å². The third-order valence-electron chi connectivity index (χ3n) is 2.46. The number of hydrogen-bond donors (Lipinski definition) is 0. The van der Waals surface area contributed by atoms with Crippen LogP contribution in [0.5, 0.6) is 0 Å². The highest BCUT2D eigenvalue weighted by Gasteiger charge is 2.03. The van der Waals surface area contributed by atoms with Crippen LogP contribution in [-0.2, 0) is 9.16 Å². The van der Waals surface area contributed by atoms with Crippen molar-refractivity contribution in [3.8, 4) is 0 Å². The Hall–Kier alpha value is -0.123. The monoisotopic (exact) mass is 230 g/mol. The molecule has 0 aliphatic carbocycles. The van der Waals surface area contributed by atoms with E-state index in [9.17, 15) is 0 Å². The van der Waals surface area contributed by atoms with Crippen LogP contribution in [0.3, 0.4) is 0 Å². The second kappa shape index (κ2) is 11.9. The van der Waals surface area contributed by atoms with E-state index in [4.69, 9.17) is 9.16 Å². The summed E-state index contributed by atoms with van der Waals surface area (Å²) in [5, 5.41) is 0. The molecule has 0 aromatic carbocycles. The molecule has 0 radical (unpaired) electrons. The van der Waals surface area contributed by atoms with Crippen LogP contribution >= 0.6 is 0 Å². The van der Waals surface area contributed by atoms with Gasteiger partial charge in [-0.05, 0) is 25.4 Å². The smallest absolute Gasteiger partial charge is 0.174 e. The van der Waals surface area contributed by atoms with E-state index >= 15 is 0 Å². The number of hydrogen-bond acceptors (Lipinski definition) is 2. The number of rotatable bonds is 11. The number of unbranched alkanes of at least 4 members (excludes halogenated alkanes) is 4. The SMILES string of the molecule is C=CCCCCCC[SiH](C)OCCOC. The molecule has 0 aromatic heterocycles. The average molecular weight is 230 g/mol. The summed E-state index contributed by atoms with van der Waals surface area (Å²) in [5.74, 6) is 0.